The maximum Gasteiger partial charge on any atom is 0.255 e. The number of aromatic nitrogens is 2. The summed E-state index contributed by atoms with van der Waals surface area (Å²) >= 11 is 0. The van der Waals surface area contributed by atoms with E-state index >= 15 is 0 Å². The van der Waals surface area contributed by atoms with E-state index in [9.17, 15) is 9.59 Å². The van der Waals surface area contributed by atoms with E-state index in [-0.39, 0.29) is 11.8 Å². The molecule has 3 aromatic carbocycles. The maximum atomic E-state index is 12.5. The third kappa shape index (κ3) is 7.30. The van der Waals surface area contributed by atoms with Gasteiger partial charge in [-0.3, -0.25) is 14.3 Å². The van der Waals surface area contributed by atoms with Crippen LogP contribution in [0.2, 0.25) is 0 Å². The molecule has 0 fully saturated rings. The van der Waals surface area contributed by atoms with Gasteiger partial charge in [0.25, 0.3) is 5.91 Å². The lowest BCUT2D eigenvalue weighted by atomic mass is 10.1. The van der Waals surface area contributed by atoms with Crippen molar-refractivity contribution < 1.29 is 14.3 Å². The van der Waals surface area contributed by atoms with E-state index in [1.165, 1.54) is 0 Å². The molecule has 0 unspecified atom stereocenters. The summed E-state index contributed by atoms with van der Waals surface area (Å²) in [5, 5.41) is 10.7. The van der Waals surface area contributed by atoms with Crippen molar-refractivity contribution in [2.45, 2.75) is 32.9 Å². The number of benzene rings is 3. The zero-order valence-electron chi connectivity index (χ0n) is 21.0. The molecule has 190 valence electrons. The number of ether oxygens (including phenoxy) is 1. The molecule has 0 aliphatic heterocycles. The zero-order chi connectivity index (χ0) is 25.9. The van der Waals surface area contributed by atoms with Crippen LogP contribution in [0, 0.1) is 0 Å². The van der Waals surface area contributed by atoms with Gasteiger partial charge in [0.05, 0.1) is 24.4 Å². The highest BCUT2D eigenvalue weighted by atomic mass is 16.5. The van der Waals surface area contributed by atoms with Gasteiger partial charge in [0.2, 0.25) is 5.91 Å². The second kappa shape index (κ2) is 13.1. The Kier molecular flexibility index (Phi) is 9.07. The van der Waals surface area contributed by atoms with Gasteiger partial charge in [-0.2, -0.15) is 5.10 Å². The van der Waals surface area contributed by atoms with Crippen LogP contribution >= 0.6 is 0 Å². The zero-order valence-corrected chi connectivity index (χ0v) is 21.0. The van der Waals surface area contributed by atoms with Crippen LogP contribution < -0.4 is 15.4 Å². The first-order valence-corrected chi connectivity index (χ1v) is 12.6. The summed E-state index contributed by atoms with van der Waals surface area (Å²) in [5.41, 5.74) is 4.47. The molecule has 1 aromatic heterocycles. The predicted octanol–water partition coefficient (Wildman–Crippen LogP) is 4.82. The molecule has 0 aliphatic rings. The average Bonchev–Trinajstić information content (AvgIpc) is 3.34. The average molecular weight is 497 g/mol. The third-order valence-electron chi connectivity index (χ3n) is 5.85. The molecule has 2 amide bonds. The Labute approximate surface area is 217 Å². The molecular formula is C30H32N4O3. The topological polar surface area (TPSA) is 85.2 Å². The second-order valence-electron chi connectivity index (χ2n) is 8.62. The Morgan fingerprint density at radius 1 is 0.892 bits per heavy atom. The number of hydrogen-bond acceptors (Lipinski definition) is 4. The molecule has 0 saturated carbocycles. The third-order valence-corrected chi connectivity index (χ3v) is 5.85. The molecule has 0 aliphatic carbocycles. The van der Waals surface area contributed by atoms with Gasteiger partial charge in [0.15, 0.2) is 0 Å². The number of amides is 2. The molecule has 0 radical (unpaired) electrons. The van der Waals surface area contributed by atoms with Crippen LogP contribution in [0.1, 0.15) is 41.3 Å². The first kappa shape index (κ1) is 25.7. The lowest BCUT2D eigenvalue weighted by Gasteiger charge is -2.10. The minimum absolute atomic E-state index is 0.0706. The number of carbonyl (C=O) groups is 2. The van der Waals surface area contributed by atoms with Crippen molar-refractivity contribution in [1.82, 2.24) is 20.4 Å². The Morgan fingerprint density at radius 3 is 2.35 bits per heavy atom. The Balaban J connectivity index is 1.30. The van der Waals surface area contributed by atoms with E-state index < -0.39 is 0 Å². The van der Waals surface area contributed by atoms with Crippen molar-refractivity contribution in [1.29, 1.82) is 0 Å². The number of nitrogens with one attached hydrogen (secondary N) is 2. The fourth-order valence-corrected chi connectivity index (χ4v) is 4.05. The highest BCUT2D eigenvalue weighted by molar-refractivity contribution is 5.96. The summed E-state index contributed by atoms with van der Waals surface area (Å²) in [4.78, 5) is 25.0. The minimum atomic E-state index is -0.206. The van der Waals surface area contributed by atoms with Gasteiger partial charge >= 0.3 is 0 Å². The van der Waals surface area contributed by atoms with Gasteiger partial charge in [-0.05, 0) is 31.0 Å². The van der Waals surface area contributed by atoms with Gasteiger partial charge in [0.1, 0.15) is 5.75 Å². The van der Waals surface area contributed by atoms with E-state index in [0.717, 1.165) is 22.4 Å². The second-order valence-corrected chi connectivity index (χ2v) is 8.62. The largest absolute Gasteiger partial charge is 0.493 e. The molecule has 0 saturated heterocycles. The number of para-hydroxylation sites is 1. The summed E-state index contributed by atoms with van der Waals surface area (Å²) in [7, 11) is 0. The highest BCUT2D eigenvalue weighted by Crippen LogP contribution is 2.22. The Hall–Kier alpha value is -4.39. The van der Waals surface area contributed by atoms with Crippen molar-refractivity contribution in [3.05, 3.63) is 108 Å². The van der Waals surface area contributed by atoms with Crippen LogP contribution in [-0.2, 0) is 17.9 Å². The van der Waals surface area contributed by atoms with E-state index in [0.29, 0.717) is 50.4 Å². The quantitative estimate of drug-likeness (QED) is 0.275. The van der Waals surface area contributed by atoms with Crippen LogP contribution in [0.25, 0.3) is 11.3 Å². The maximum absolute atomic E-state index is 12.5. The van der Waals surface area contributed by atoms with E-state index in [2.05, 4.69) is 22.8 Å². The number of nitrogens with zero attached hydrogens (tertiary/aromatic N) is 2. The van der Waals surface area contributed by atoms with Crippen LogP contribution in [0.4, 0.5) is 0 Å². The van der Waals surface area contributed by atoms with Crippen molar-refractivity contribution in [2.75, 3.05) is 13.2 Å². The molecule has 37 heavy (non-hydrogen) atoms. The van der Waals surface area contributed by atoms with Crippen molar-refractivity contribution in [3.8, 4) is 17.0 Å². The predicted molar refractivity (Wildman–Crippen MR) is 144 cm³/mol. The van der Waals surface area contributed by atoms with Gasteiger partial charge in [-0.15, -0.1) is 0 Å². The molecule has 0 atom stereocenters. The molecule has 4 aromatic rings. The molecule has 7 heteroatoms. The standard InChI is InChI=1S/C30H32N4O3/c1-2-37-27-17-10-9-16-26(27)30(36)31-19-11-18-28(35)32-20-25-22-34(21-23-12-5-3-6-13-23)33-29(25)24-14-7-4-8-15-24/h3-10,12-17,22H,2,11,18-21H2,1H3,(H,31,36)(H,32,35). The molecule has 4 rings (SSSR count). The molecule has 1 heterocycles. The SMILES string of the molecule is CCOc1ccccc1C(=O)NCCCC(=O)NCc1cn(Cc2ccccc2)nc1-c1ccccc1. The van der Waals surface area contributed by atoms with Gasteiger partial charge in [-0.25, -0.2) is 0 Å². The van der Waals surface area contributed by atoms with Crippen LogP contribution in [0.3, 0.4) is 0 Å². The number of carbonyl (C=O) groups excluding carboxylic acids is 2. The molecule has 0 bridgehead atoms. The van der Waals surface area contributed by atoms with E-state index in [4.69, 9.17) is 9.84 Å². The normalized spacial score (nSPS) is 10.6. The Morgan fingerprint density at radius 2 is 1.59 bits per heavy atom. The first-order valence-electron chi connectivity index (χ1n) is 12.6. The smallest absolute Gasteiger partial charge is 0.255 e. The molecule has 0 spiro atoms. The molecular weight excluding hydrogens is 464 g/mol. The van der Waals surface area contributed by atoms with Crippen molar-refractivity contribution in [2.24, 2.45) is 0 Å². The van der Waals surface area contributed by atoms with Crippen LogP contribution in [0.15, 0.2) is 91.1 Å². The number of rotatable bonds is 12. The lowest BCUT2D eigenvalue weighted by Crippen LogP contribution is -2.27. The van der Waals surface area contributed by atoms with E-state index in [1.807, 2.05) is 72.4 Å². The summed E-state index contributed by atoms with van der Waals surface area (Å²) in [6.07, 6.45) is 2.84. The monoisotopic (exact) mass is 496 g/mol. The lowest BCUT2D eigenvalue weighted by molar-refractivity contribution is -0.121. The fraction of sp³-hybridized carbons (Fsp3) is 0.233. The first-order chi connectivity index (χ1) is 18.1. The highest BCUT2D eigenvalue weighted by Gasteiger charge is 2.14. The van der Waals surface area contributed by atoms with Crippen LogP contribution in [0.5, 0.6) is 5.75 Å². The van der Waals surface area contributed by atoms with Gasteiger partial charge in [-0.1, -0.05) is 72.8 Å². The van der Waals surface area contributed by atoms with Gasteiger partial charge in [0, 0.05) is 36.8 Å². The summed E-state index contributed by atoms with van der Waals surface area (Å²) in [5.74, 6) is 0.281. The number of hydrogen-bond donors (Lipinski definition) is 2. The van der Waals surface area contributed by atoms with Crippen molar-refractivity contribution >= 4 is 11.8 Å². The van der Waals surface area contributed by atoms with Gasteiger partial charge < -0.3 is 15.4 Å². The van der Waals surface area contributed by atoms with Crippen LogP contribution in [-0.4, -0.2) is 34.7 Å². The molecule has 7 nitrogen and oxygen atoms in total. The summed E-state index contributed by atoms with van der Waals surface area (Å²) in [6, 6.07) is 27.3. The summed E-state index contributed by atoms with van der Waals surface area (Å²) in [6.45, 7) is 3.80. The summed E-state index contributed by atoms with van der Waals surface area (Å²) < 4.78 is 7.43. The molecule has 2 N–H and O–H groups in total. The van der Waals surface area contributed by atoms with E-state index in [1.54, 1.807) is 18.2 Å². The van der Waals surface area contributed by atoms with Crippen molar-refractivity contribution in [3.63, 3.8) is 0 Å². The minimum Gasteiger partial charge on any atom is -0.493 e. The Bertz CT molecular complexity index is 1300. The fourth-order valence-electron chi connectivity index (χ4n) is 4.05.